The minimum atomic E-state index is -3.85. The molecule has 0 aliphatic carbocycles. The summed E-state index contributed by atoms with van der Waals surface area (Å²) in [5.41, 5.74) is 3.16. The fraction of sp³-hybridized carbons (Fsp3) is 0.321. The molecule has 1 unspecified atom stereocenters. The number of anilines is 1. The highest BCUT2D eigenvalue weighted by Gasteiger charge is 2.23. The summed E-state index contributed by atoms with van der Waals surface area (Å²) in [7, 11) is 0.541. The lowest BCUT2D eigenvalue weighted by Gasteiger charge is -2.21. The Kier molecular flexibility index (Phi) is 7.99. The maximum atomic E-state index is 13.2. The van der Waals surface area contributed by atoms with Crippen molar-refractivity contribution in [3.8, 4) is 11.5 Å². The molecule has 3 aromatic carbocycles. The molecule has 0 saturated carbocycles. The van der Waals surface area contributed by atoms with Crippen LogP contribution in [0.4, 0.5) is 5.69 Å². The van der Waals surface area contributed by atoms with Gasteiger partial charge in [0.1, 0.15) is 0 Å². The van der Waals surface area contributed by atoms with E-state index in [9.17, 15) is 13.2 Å². The van der Waals surface area contributed by atoms with E-state index in [0.29, 0.717) is 22.7 Å². The molecular weight excluding hydrogens is 476 g/mol. The van der Waals surface area contributed by atoms with Crippen LogP contribution in [0.25, 0.3) is 0 Å². The molecule has 0 aromatic heterocycles. The molecule has 0 saturated heterocycles. The molecule has 1 N–H and O–H groups in total. The first kappa shape index (κ1) is 27.1. The number of methoxy groups -OCH3 is 2. The summed E-state index contributed by atoms with van der Waals surface area (Å²) in [6.45, 7) is 8.41. The molecule has 0 radical (unpaired) electrons. The standard InChI is InChI=1S/C28H34N2O5S/c1-19(20-8-12-22(13-9-20)28(2,3)4)29-27(31)21-10-14-23(15-11-21)30(5)36(32,33)24-16-17-25(34-6)26(18-24)35-7/h8-19H,1-7H3,(H,29,31). The Morgan fingerprint density at radius 2 is 1.47 bits per heavy atom. The zero-order chi connectivity index (χ0) is 26.7. The molecule has 0 aliphatic heterocycles. The second kappa shape index (κ2) is 10.6. The summed E-state index contributed by atoms with van der Waals surface area (Å²) >= 11 is 0. The van der Waals surface area contributed by atoms with Crippen molar-refractivity contribution in [2.75, 3.05) is 25.6 Å². The van der Waals surface area contributed by atoms with Crippen molar-refractivity contribution in [2.24, 2.45) is 0 Å². The van der Waals surface area contributed by atoms with Crippen molar-refractivity contribution in [3.05, 3.63) is 83.4 Å². The molecule has 0 spiro atoms. The van der Waals surface area contributed by atoms with E-state index in [4.69, 9.17) is 9.47 Å². The van der Waals surface area contributed by atoms with Gasteiger partial charge in [-0.3, -0.25) is 9.10 Å². The second-order valence-corrected chi connectivity index (χ2v) is 11.6. The molecule has 3 aromatic rings. The van der Waals surface area contributed by atoms with Crippen LogP contribution >= 0.6 is 0 Å². The fourth-order valence-electron chi connectivity index (χ4n) is 3.73. The molecule has 1 atom stereocenters. The number of sulfonamides is 1. The Balaban J connectivity index is 1.73. The molecule has 7 nitrogen and oxygen atoms in total. The van der Waals surface area contributed by atoms with Crippen LogP contribution < -0.4 is 19.1 Å². The summed E-state index contributed by atoms with van der Waals surface area (Å²) in [6, 6.07) is 18.9. The van der Waals surface area contributed by atoms with Crippen LogP contribution in [0.15, 0.2) is 71.6 Å². The molecule has 192 valence electrons. The van der Waals surface area contributed by atoms with Crippen molar-refractivity contribution in [1.29, 1.82) is 0 Å². The van der Waals surface area contributed by atoms with Crippen molar-refractivity contribution in [1.82, 2.24) is 5.32 Å². The van der Waals surface area contributed by atoms with Gasteiger partial charge in [-0.2, -0.15) is 0 Å². The Morgan fingerprint density at radius 1 is 0.889 bits per heavy atom. The van der Waals surface area contributed by atoms with Gasteiger partial charge in [-0.1, -0.05) is 45.0 Å². The summed E-state index contributed by atoms with van der Waals surface area (Å²) in [4.78, 5) is 12.9. The lowest BCUT2D eigenvalue weighted by Crippen LogP contribution is -2.28. The monoisotopic (exact) mass is 510 g/mol. The SMILES string of the molecule is COc1ccc(S(=O)(=O)N(C)c2ccc(C(=O)NC(C)c3ccc(C(C)(C)C)cc3)cc2)cc1OC. The molecule has 36 heavy (non-hydrogen) atoms. The lowest BCUT2D eigenvalue weighted by atomic mass is 9.86. The average Bonchev–Trinajstić information content (AvgIpc) is 2.87. The minimum absolute atomic E-state index is 0.0623. The minimum Gasteiger partial charge on any atom is -0.493 e. The Labute approximate surface area is 214 Å². The second-order valence-electron chi connectivity index (χ2n) is 9.60. The molecular formula is C28H34N2O5S. The molecule has 0 aliphatic rings. The zero-order valence-electron chi connectivity index (χ0n) is 21.8. The Bertz CT molecular complexity index is 1310. The van der Waals surface area contributed by atoms with Crippen LogP contribution in [0.5, 0.6) is 11.5 Å². The number of ether oxygens (including phenoxy) is 2. The third kappa shape index (κ3) is 5.82. The number of hydrogen-bond acceptors (Lipinski definition) is 5. The normalized spacial score (nSPS) is 12.5. The first-order chi connectivity index (χ1) is 16.9. The maximum absolute atomic E-state index is 13.2. The van der Waals surface area contributed by atoms with Crippen molar-refractivity contribution in [2.45, 2.75) is 44.0 Å². The highest BCUT2D eigenvalue weighted by atomic mass is 32.2. The van der Waals surface area contributed by atoms with E-state index < -0.39 is 10.0 Å². The number of rotatable bonds is 8. The first-order valence-corrected chi connectivity index (χ1v) is 13.0. The zero-order valence-corrected chi connectivity index (χ0v) is 22.6. The van der Waals surface area contributed by atoms with Gasteiger partial charge in [0.05, 0.1) is 30.8 Å². The molecule has 0 bridgehead atoms. The van der Waals surface area contributed by atoms with Crippen molar-refractivity contribution >= 4 is 21.6 Å². The van der Waals surface area contributed by atoms with E-state index in [2.05, 4.69) is 38.2 Å². The fourth-order valence-corrected chi connectivity index (χ4v) is 4.94. The van der Waals surface area contributed by atoms with Crippen LogP contribution in [0.1, 0.15) is 55.2 Å². The van der Waals surface area contributed by atoms with E-state index in [1.165, 1.54) is 39.0 Å². The lowest BCUT2D eigenvalue weighted by molar-refractivity contribution is 0.0940. The summed E-state index contributed by atoms with van der Waals surface area (Å²) < 4.78 is 37.9. The number of benzene rings is 3. The van der Waals surface area contributed by atoms with E-state index in [0.717, 1.165) is 9.87 Å². The Morgan fingerprint density at radius 3 is 2.00 bits per heavy atom. The van der Waals surface area contributed by atoms with Crippen LogP contribution in [0, 0.1) is 0 Å². The number of carbonyl (C=O) groups excluding carboxylic acids is 1. The molecule has 0 fully saturated rings. The van der Waals surface area contributed by atoms with Crippen LogP contribution in [-0.4, -0.2) is 35.6 Å². The van der Waals surface area contributed by atoms with Crippen molar-refractivity contribution < 1.29 is 22.7 Å². The van der Waals surface area contributed by atoms with Gasteiger partial charge >= 0.3 is 0 Å². The smallest absolute Gasteiger partial charge is 0.264 e. The number of nitrogens with zero attached hydrogens (tertiary/aromatic N) is 1. The number of nitrogens with one attached hydrogen (secondary N) is 1. The van der Waals surface area contributed by atoms with Gasteiger partial charge in [-0.05, 0) is 59.9 Å². The molecule has 1 amide bonds. The Hall–Kier alpha value is -3.52. The van der Waals surface area contributed by atoms with Crippen LogP contribution in [-0.2, 0) is 15.4 Å². The molecule has 8 heteroatoms. The van der Waals surface area contributed by atoms with Crippen LogP contribution in [0.3, 0.4) is 0 Å². The van der Waals surface area contributed by atoms with E-state index >= 15 is 0 Å². The van der Waals surface area contributed by atoms with Gasteiger partial charge in [-0.25, -0.2) is 8.42 Å². The third-order valence-electron chi connectivity index (χ3n) is 6.13. The van der Waals surface area contributed by atoms with E-state index in [-0.39, 0.29) is 22.3 Å². The number of hydrogen-bond donors (Lipinski definition) is 1. The third-order valence-corrected chi connectivity index (χ3v) is 7.91. The predicted octanol–water partition coefficient (Wildman–Crippen LogP) is 5.32. The van der Waals surface area contributed by atoms with Gasteiger partial charge in [0.2, 0.25) is 0 Å². The highest BCUT2D eigenvalue weighted by molar-refractivity contribution is 7.92. The van der Waals surface area contributed by atoms with Gasteiger partial charge in [0.15, 0.2) is 11.5 Å². The van der Waals surface area contributed by atoms with Gasteiger partial charge in [0, 0.05) is 18.7 Å². The topological polar surface area (TPSA) is 84.9 Å². The van der Waals surface area contributed by atoms with Crippen molar-refractivity contribution in [3.63, 3.8) is 0 Å². The summed E-state index contributed by atoms with van der Waals surface area (Å²) in [6.07, 6.45) is 0. The van der Waals surface area contributed by atoms with Gasteiger partial charge in [0.25, 0.3) is 15.9 Å². The molecule has 0 heterocycles. The maximum Gasteiger partial charge on any atom is 0.264 e. The largest absolute Gasteiger partial charge is 0.493 e. The average molecular weight is 511 g/mol. The predicted molar refractivity (Wildman–Crippen MR) is 143 cm³/mol. The van der Waals surface area contributed by atoms with E-state index in [1.807, 2.05) is 19.1 Å². The van der Waals surface area contributed by atoms with Crippen LogP contribution in [0.2, 0.25) is 0 Å². The number of amides is 1. The quantitative estimate of drug-likeness (QED) is 0.444. The van der Waals surface area contributed by atoms with E-state index in [1.54, 1.807) is 30.3 Å². The highest BCUT2D eigenvalue weighted by Crippen LogP contribution is 2.32. The first-order valence-electron chi connectivity index (χ1n) is 11.6. The van der Waals surface area contributed by atoms with Gasteiger partial charge < -0.3 is 14.8 Å². The number of carbonyl (C=O) groups is 1. The summed E-state index contributed by atoms with van der Waals surface area (Å²) in [5, 5.41) is 3.00. The summed E-state index contributed by atoms with van der Waals surface area (Å²) in [5.74, 6) is 0.523. The van der Waals surface area contributed by atoms with Gasteiger partial charge in [-0.15, -0.1) is 0 Å². The molecule has 3 rings (SSSR count).